The van der Waals surface area contributed by atoms with Crippen molar-refractivity contribution in [1.29, 1.82) is 0 Å². The molecule has 2 N–H and O–H groups in total. The van der Waals surface area contributed by atoms with Crippen LogP contribution >= 0.6 is 0 Å². The highest BCUT2D eigenvalue weighted by molar-refractivity contribution is 7.92. The molecular formula is C16H28N2O5S. The van der Waals surface area contributed by atoms with Crippen LogP contribution in [-0.2, 0) is 19.4 Å². The maximum Gasteiger partial charge on any atom is 0.317 e. The molecule has 1 amide bonds. The number of carboxylic acid groups (broad SMARTS) is 1. The highest BCUT2D eigenvalue weighted by Gasteiger charge is 2.35. The highest BCUT2D eigenvalue weighted by atomic mass is 32.2. The zero-order valence-electron chi connectivity index (χ0n) is 14.2. The number of likely N-dealkylation sites (N-methyl/N-ethyl adjacent to an activating group) is 1. The molecule has 0 spiro atoms. The third-order valence-corrected chi connectivity index (χ3v) is 7.42. The van der Waals surface area contributed by atoms with Crippen LogP contribution in [0.25, 0.3) is 0 Å². The molecule has 2 aliphatic carbocycles. The van der Waals surface area contributed by atoms with E-state index in [2.05, 4.69) is 5.32 Å². The van der Waals surface area contributed by atoms with Crippen molar-refractivity contribution >= 4 is 21.7 Å². The van der Waals surface area contributed by atoms with Crippen LogP contribution in [0, 0.1) is 0 Å². The van der Waals surface area contributed by atoms with Gasteiger partial charge in [-0.15, -0.1) is 0 Å². The molecule has 0 unspecified atom stereocenters. The second-order valence-electron chi connectivity index (χ2n) is 6.87. The van der Waals surface area contributed by atoms with E-state index in [4.69, 9.17) is 5.11 Å². The number of sulfone groups is 1. The Hall–Kier alpha value is -1.15. The molecule has 138 valence electrons. The van der Waals surface area contributed by atoms with Gasteiger partial charge < -0.3 is 10.4 Å². The molecule has 0 heterocycles. The molecule has 0 atom stereocenters. The van der Waals surface area contributed by atoms with Crippen LogP contribution in [-0.4, -0.2) is 66.5 Å². The van der Waals surface area contributed by atoms with E-state index < -0.39 is 15.8 Å². The Labute approximate surface area is 143 Å². The van der Waals surface area contributed by atoms with E-state index in [1.54, 1.807) is 0 Å². The fraction of sp³-hybridized carbons (Fsp3) is 0.875. The fourth-order valence-corrected chi connectivity index (χ4v) is 5.48. The third kappa shape index (κ3) is 5.17. The first-order chi connectivity index (χ1) is 11.3. The second-order valence-corrected chi connectivity index (χ2v) is 9.27. The van der Waals surface area contributed by atoms with Gasteiger partial charge in [0.15, 0.2) is 9.84 Å². The van der Waals surface area contributed by atoms with Gasteiger partial charge in [0.1, 0.15) is 0 Å². The van der Waals surface area contributed by atoms with Crippen LogP contribution in [0.2, 0.25) is 0 Å². The van der Waals surface area contributed by atoms with Gasteiger partial charge in [0.05, 0.1) is 17.5 Å². The van der Waals surface area contributed by atoms with Crippen LogP contribution in [0.4, 0.5) is 0 Å². The highest BCUT2D eigenvalue weighted by Crippen LogP contribution is 2.27. The van der Waals surface area contributed by atoms with E-state index in [-0.39, 0.29) is 42.0 Å². The van der Waals surface area contributed by atoms with E-state index in [1.165, 1.54) is 0 Å². The Balaban J connectivity index is 1.68. The van der Waals surface area contributed by atoms with E-state index in [0.29, 0.717) is 6.54 Å². The average molecular weight is 360 g/mol. The van der Waals surface area contributed by atoms with Crippen LogP contribution in [0.5, 0.6) is 0 Å². The Kier molecular flexibility index (Phi) is 6.62. The van der Waals surface area contributed by atoms with Gasteiger partial charge in [-0.05, 0) is 32.2 Å². The Morgan fingerprint density at radius 1 is 1.21 bits per heavy atom. The summed E-state index contributed by atoms with van der Waals surface area (Å²) in [6.07, 6.45) is 4.85. The van der Waals surface area contributed by atoms with E-state index in [9.17, 15) is 18.0 Å². The van der Waals surface area contributed by atoms with Crippen molar-refractivity contribution in [3.05, 3.63) is 0 Å². The van der Waals surface area contributed by atoms with Crippen molar-refractivity contribution in [2.24, 2.45) is 0 Å². The fourth-order valence-electron chi connectivity index (χ4n) is 3.63. The van der Waals surface area contributed by atoms with Crippen LogP contribution in [0.15, 0.2) is 0 Å². The van der Waals surface area contributed by atoms with Crippen molar-refractivity contribution in [1.82, 2.24) is 10.2 Å². The molecule has 0 bridgehead atoms. The lowest BCUT2D eigenvalue weighted by atomic mass is 9.85. The predicted molar refractivity (Wildman–Crippen MR) is 90.5 cm³/mol. The summed E-state index contributed by atoms with van der Waals surface area (Å²) in [6.45, 7) is 2.60. The number of nitrogens with zero attached hydrogens (tertiary/aromatic N) is 1. The Bertz CT molecular complexity index is 551. The van der Waals surface area contributed by atoms with Gasteiger partial charge in [0.2, 0.25) is 5.91 Å². The minimum absolute atomic E-state index is 0.0153. The molecule has 0 saturated heterocycles. The summed E-state index contributed by atoms with van der Waals surface area (Å²) in [4.78, 5) is 24.6. The first-order valence-electron chi connectivity index (χ1n) is 8.78. The number of hydrogen-bond acceptors (Lipinski definition) is 5. The molecule has 0 aromatic rings. The number of amides is 1. The van der Waals surface area contributed by atoms with Crippen molar-refractivity contribution in [3.8, 4) is 0 Å². The van der Waals surface area contributed by atoms with Gasteiger partial charge in [-0.3, -0.25) is 14.5 Å². The second kappa shape index (κ2) is 8.29. The minimum atomic E-state index is -3.16. The third-order valence-electron chi connectivity index (χ3n) is 5.16. The number of rotatable bonds is 9. The smallest absolute Gasteiger partial charge is 0.317 e. The molecule has 24 heavy (non-hydrogen) atoms. The number of nitrogens with one attached hydrogen (secondary N) is 1. The number of hydrogen-bond donors (Lipinski definition) is 2. The lowest BCUT2D eigenvalue weighted by molar-refractivity contribution is -0.139. The molecule has 2 rings (SSSR count). The summed E-state index contributed by atoms with van der Waals surface area (Å²) in [5.74, 6) is -1.14. The van der Waals surface area contributed by atoms with Gasteiger partial charge in [0, 0.05) is 18.5 Å². The van der Waals surface area contributed by atoms with Gasteiger partial charge in [0.25, 0.3) is 0 Å². The summed E-state index contributed by atoms with van der Waals surface area (Å²) in [6, 6.07) is 0.207. The van der Waals surface area contributed by atoms with E-state index in [1.807, 2.05) is 11.8 Å². The molecule has 7 nitrogen and oxygen atoms in total. The standard InChI is InChI=1S/C16H28N2O5S/c1-2-18(11-16(20)21)13-9-12(10-13)17-15(19)7-8-24(22,23)14-5-3-4-6-14/h12-14H,2-11H2,1H3,(H,17,19)(H,20,21). The average Bonchev–Trinajstić information content (AvgIpc) is 3.01. The maximum atomic E-state index is 12.1. The van der Waals surface area contributed by atoms with Crippen LogP contribution < -0.4 is 5.32 Å². The van der Waals surface area contributed by atoms with Crippen molar-refractivity contribution in [3.63, 3.8) is 0 Å². The summed E-state index contributed by atoms with van der Waals surface area (Å²) in [5, 5.41) is 11.5. The Morgan fingerprint density at radius 3 is 2.38 bits per heavy atom. The largest absolute Gasteiger partial charge is 0.480 e. The topological polar surface area (TPSA) is 104 Å². The summed E-state index contributed by atoms with van der Waals surface area (Å²) >= 11 is 0. The van der Waals surface area contributed by atoms with Gasteiger partial charge in [-0.2, -0.15) is 0 Å². The van der Waals surface area contributed by atoms with Crippen molar-refractivity contribution in [2.45, 2.75) is 69.2 Å². The quantitative estimate of drug-likeness (QED) is 0.630. The molecule has 2 saturated carbocycles. The first kappa shape index (κ1) is 19.2. The zero-order chi connectivity index (χ0) is 17.7. The van der Waals surface area contributed by atoms with Crippen LogP contribution in [0.3, 0.4) is 0 Å². The monoisotopic (exact) mass is 360 g/mol. The summed E-state index contributed by atoms with van der Waals surface area (Å²) < 4.78 is 24.3. The lowest BCUT2D eigenvalue weighted by Crippen LogP contribution is -2.54. The molecule has 8 heteroatoms. The maximum absolute atomic E-state index is 12.1. The van der Waals surface area contributed by atoms with Gasteiger partial charge in [-0.25, -0.2) is 8.42 Å². The minimum Gasteiger partial charge on any atom is -0.480 e. The van der Waals surface area contributed by atoms with Gasteiger partial charge in [-0.1, -0.05) is 19.8 Å². The van der Waals surface area contributed by atoms with Gasteiger partial charge >= 0.3 is 5.97 Å². The predicted octanol–water partition coefficient (Wildman–Crippen LogP) is 0.788. The SMILES string of the molecule is CCN(CC(=O)O)C1CC(NC(=O)CCS(=O)(=O)C2CCCC2)C1. The molecular weight excluding hydrogens is 332 g/mol. The molecule has 0 aliphatic heterocycles. The van der Waals surface area contributed by atoms with Crippen LogP contribution in [0.1, 0.15) is 51.9 Å². The molecule has 2 fully saturated rings. The first-order valence-corrected chi connectivity index (χ1v) is 10.5. The number of carboxylic acids is 1. The van der Waals surface area contributed by atoms with Crippen molar-refractivity contribution < 1.29 is 23.1 Å². The molecule has 0 aromatic carbocycles. The number of carbonyl (C=O) groups excluding carboxylic acids is 1. The van der Waals surface area contributed by atoms with E-state index in [0.717, 1.165) is 38.5 Å². The Morgan fingerprint density at radius 2 is 1.83 bits per heavy atom. The molecule has 0 radical (unpaired) electrons. The molecule has 0 aromatic heterocycles. The molecule has 2 aliphatic rings. The van der Waals surface area contributed by atoms with E-state index >= 15 is 0 Å². The lowest BCUT2D eigenvalue weighted by Gasteiger charge is -2.42. The summed E-state index contributed by atoms with van der Waals surface area (Å²) in [5.41, 5.74) is 0. The van der Waals surface area contributed by atoms with Crippen molar-refractivity contribution in [2.75, 3.05) is 18.8 Å². The number of carbonyl (C=O) groups is 2. The number of aliphatic carboxylic acids is 1. The normalized spacial score (nSPS) is 24.8. The summed E-state index contributed by atoms with van der Waals surface area (Å²) in [7, 11) is -3.16. The zero-order valence-corrected chi connectivity index (χ0v) is 15.1.